The van der Waals surface area contributed by atoms with Crippen molar-refractivity contribution < 1.29 is 4.79 Å². The molecule has 8 heteroatoms. The van der Waals surface area contributed by atoms with Gasteiger partial charge in [0.1, 0.15) is 5.82 Å². The third-order valence-corrected chi connectivity index (χ3v) is 4.03. The van der Waals surface area contributed by atoms with Crippen LogP contribution in [0.4, 0.5) is 11.4 Å². The van der Waals surface area contributed by atoms with Crippen LogP contribution in [0.15, 0.2) is 23.4 Å². The standard InChI is InChI=1S/C12H14ClN5OS/c1-7-16-17-12(18(7)2)20-6-11(19)15-8-3-4-9(13)10(14)5-8/h3-5H,6,14H2,1-2H3,(H,15,19). The molecule has 0 fully saturated rings. The van der Waals surface area contributed by atoms with Gasteiger partial charge in [-0.2, -0.15) is 0 Å². The molecule has 6 nitrogen and oxygen atoms in total. The molecule has 2 aromatic rings. The lowest BCUT2D eigenvalue weighted by Crippen LogP contribution is -2.14. The van der Waals surface area contributed by atoms with Crippen molar-refractivity contribution in [2.45, 2.75) is 12.1 Å². The Kier molecular flexibility index (Phi) is 4.51. The van der Waals surface area contributed by atoms with E-state index in [1.165, 1.54) is 11.8 Å². The zero-order valence-corrected chi connectivity index (χ0v) is 12.6. The zero-order chi connectivity index (χ0) is 14.7. The predicted molar refractivity (Wildman–Crippen MR) is 81.0 cm³/mol. The minimum Gasteiger partial charge on any atom is -0.397 e. The smallest absolute Gasteiger partial charge is 0.234 e. The van der Waals surface area contributed by atoms with Crippen LogP contribution < -0.4 is 11.1 Å². The zero-order valence-electron chi connectivity index (χ0n) is 11.1. The van der Waals surface area contributed by atoms with Crippen molar-refractivity contribution in [3.63, 3.8) is 0 Å². The maximum absolute atomic E-state index is 11.8. The van der Waals surface area contributed by atoms with Crippen LogP contribution in [0.5, 0.6) is 0 Å². The number of nitrogens with zero attached hydrogens (tertiary/aromatic N) is 3. The summed E-state index contributed by atoms with van der Waals surface area (Å²) in [6.45, 7) is 1.85. The Morgan fingerprint density at radius 3 is 2.85 bits per heavy atom. The third kappa shape index (κ3) is 3.43. The second kappa shape index (κ2) is 6.15. The van der Waals surface area contributed by atoms with Gasteiger partial charge < -0.3 is 15.6 Å². The van der Waals surface area contributed by atoms with Gasteiger partial charge in [0, 0.05) is 12.7 Å². The molecule has 1 heterocycles. The lowest BCUT2D eigenvalue weighted by Gasteiger charge is -2.06. The van der Waals surface area contributed by atoms with Crippen LogP contribution in [0.2, 0.25) is 5.02 Å². The molecule has 0 saturated carbocycles. The van der Waals surface area contributed by atoms with Crippen molar-refractivity contribution >= 4 is 40.6 Å². The molecule has 1 aromatic heterocycles. The maximum atomic E-state index is 11.8. The average Bonchev–Trinajstić information content (AvgIpc) is 2.72. The first-order chi connectivity index (χ1) is 9.47. The van der Waals surface area contributed by atoms with Crippen molar-refractivity contribution in [2.75, 3.05) is 16.8 Å². The quantitative estimate of drug-likeness (QED) is 0.667. The number of carbonyl (C=O) groups excluding carboxylic acids is 1. The normalized spacial score (nSPS) is 10.6. The molecule has 0 radical (unpaired) electrons. The molecule has 0 bridgehead atoms. The summed E-state index contributed by atoms with van der Waals surface area (Å²) < 4.78 is 1.83. The molecule has 0 aliphatic heterocycles. The molecule has 0 saturated heterocycles. The number of rotatable bonds is 4. The van der Waals surface area contributed by atoms with Crippen molar-refractivity contribution in [1.29, 1.82) is 0 Å². The van der Waals surface area contributed by atoms with E-state index in [0.29, 0.717) is 21.6 Å². The van der Waals surface area contributed by atoms with Crippen LogP contribution in [-0.4, -0.2) is 26.4 Å². The van der Waals surface area contributed by atoms with Crippen LogP contribution in [0.1, 0.15) is 5.82 Å². The number of nitrogens with two attached hydrogens (primary N) is 1. The van der Waals surface area contributed by atoms with E-state index in [1.54, 1.807) is 18.2 Å². The summed E-state index contributed by atoms with van der Waals surface area (Å²) in [6.07, 6.45) is 0. The second-order valence-corrected chi connectivity index (χ2v) is 5.51. The molecular formula is C12H14ClN5OS. The minimum atomic E-state index is -0.141. The van der Waals surface area contributed by atoms with Crippen molar-refractivity contribution in [2.24, 2.45) is 7.05 Å². The van der Waals surface area contributed by atoms with Gasteiger partial charge in [-0.15, -0.1) is 10.2 Å². The van der Waals surface area contributed by atoms with E-state index in [-0.39, 0.29) is 11.7 Å². The van der Waals surface area contributed by atoms with Gasteiger partial charge in [0.25, 0.3) is 0 Å². The van der Waals surface area contributed by atoms with Crippen molar-refractivity contribution in [3.8, 4) is 0 Å². The number of hydrogen-bond acceptors (Lipinski definition) is 5. The third-order valence-electron chi connectivity index (χ3n) is 2.66. The number of thioether (sulfide) groups is 1. The Balaban J connectivity index is 1.92. The number of carbonyl (C=O) groups is 1. The van der Waals surface area contributed by atoms with Crippen molar-refractivity contribution in [3.05, 3.63) is 29.0 Å². The summed E-state index contributed by atoms with van der Waals surface area (Å²) in [6, 6.07) is 4.97. The van der Waals surface area contributed by atoms with E-state index in [4.69, 9.17) is 17.3 Å². The lowest BCUT2D eigenvalue weighted by molar-refractivity contribution is -0.113. The van der Waals surface area contributed by atoms with E-state index in [2.05, 4.69) is 15.5 Å². The highest BCUT2D eigenvalue weighted by Gasteiger charge is 2.09. The number of hydrogen-bond donors (Lipinski definition) is 2. The lowest BCUT2D eigenvalue weighted by atomic mass is 10.3. The SMILES string of the molecule is Cc1nnc(SCC(=O)Nc2ccc(Cl)c(N)c2)n1C. The molecule has 0 aliphatic rings. The topological polar surface area (TPSA) is 85.8 Å². The Morgan fingerprint density at radius 2 is 2.25 bits per heavy atom. The van der Waals surface area contributed by atoms with Crippen LogP contribution >= 0.6 is 23.4 Å². The molecule has 0 unspecified atom stereocenters. The Morgan fingerprint density at radius 1 is 1.50 bits per heavy atom. The van der Waals surface area contributed by atoms with Crippen LogP contribution in [-0.2, 0) is 11.8 Å². The van der Waals surface area contributed by atoms with Crippen LogP contribution in [0.25, 0.3) is 0 Å². The first-order valence-corrected chi connectivity index (χ1v) is 7.17. The number of benzene rings is 1. The second-order valence-electron chi connectivity index (χ2n) is 4.16. The van der Waals surface area contributed by atoms with E-state index in [0.717, 1.165) is 5.82 Å². The number of anilines is 2. The number of nitrogens with one attached hydrogen (secondary N) is 1. The molecule has 0 aliphatic carbocycles. The summed E-state index contributed by atoms with van der Waals surface area (Å²) in [7, 11) is 1.86. The summed E-state index contributed by atoms with van der Waals surface area (Å²) in [5.41, 5.74) is 6.72. The predicted octanol–water partition coefficient (Wildman–Crippen LogP) is 2.09. The Bertz CT molecular complexity index is 643. The number of nitrogen functional groups attached to an aromatic ring is 1. The van der Waals surface area contributed by atoms with E-state index in [9.17, 15) is 4.79 Å². The fourth-order valence-corrected chi connectivity index (χ4v) is 2.34. The monoisotopic (exact) mass is 311 g/mol. The van der Waals surface area contributed by atoms with Gasteiger partial charge in [-0.1, -0.05) is 23.4 Å². The van der Waals surface area contributed by atoms with E-state index < -0.39 is 0 Å². The van der Waals surface area contributed by atoms with Crippen LogP contribution in [0, 0.1) is 6.92 Å². The summed E-state index contributed by atoms with van der Waals surface area (Å²) in [5.74, 6) is 0.907. The molecule has 106 valence electrons. The number of aromatic nitrogens is 3. The number of aryl methyl sites for hydroxylation is 1. The van der Waals surface area contributed by atoms with Gasteiger partial charge in [-0.25, -0.2) is 0 Å². The molecular weight excluding hydrogens is 298 g/mol. The van der Waals surface area contributed by atoms with Crippen molar-refractivity contribution in [1.82, 2.24) is 14.8 Å². The van der Waals surface area contributed by atoms with Gasteiger partial charge in [-0.3, -0.25) is 4.79 Å². The highest BCUT2D eigenvalue weighted by atomic mass is 35.5. The Labute approximate surface area is 125 Å². The largest absolute Gasteiger partial charge is 0.397 e. The first kappa shape index (κ1) is 14.7. The molecule has 3 N–H and O–H groups in total. The van der Waals surface area contributed by atoms with Gasteiger partial charge in [0.15, 0.2) is 5.16 Å². The first-order valence-electron chi connectivity index (χ1n) is 5.81. The minimum absolute atomic E-state index is 0.141. The summed E-state index contributed by atoms with van der Waals surface area (Å²) in [5, 5.41) is 11.8. The molecule has 0 spiro atoms. The molecule has 20 heavy (non-hydrogen) atoms. The fraction of sp³-hybridized carbons (Fsp3) is 0.250. The highest BCUT2D eigenvalue weighted by molar-refractivity contribution is 7.99. The molecule has 1 amide bonds. The fourth-order valence-electron chi connectivity index (χ4n) is 1.46. The van der Waals surface area contributed by atoms with Gasteiger partial charge in [0.2, 0.25) is 5.91 Å². The Hall–Kier alpha value is -1.73. The molecule has 2 rings (SSSR count). The maximum Gasteiger partial charge on any atom is 0.234 e. The molecule has 0 atom stereocenters. The van der Waals surface area contributed by atoms with Crippen LogP contribution in [0.3, 0.4) is 0 Å². The average molecular weight is 312 g/mol. The molecule has 1 aromatic carbocycles. The summed E-state index contributed by atoms with van der Waals surface area (Å²) >= 11 is 7.14. The summed E-state index contributed by atoms with van der Waals surface area (Å²) in [4.78, 5) is 11.8. The van der Waals surface area contributed by atoms with Gasteiger partial charge in [-0.05, 0) is 25.1 Å². The highest BCUT2D eigenvalue weighted by Crippen LogP contribution is 2.22. The number of halogens is 1. The van der Waals surface area contributed by atoms with Gasteiger partial charge in [0.05, 0.1) is 16.5 Å². The van der Waals surface area contributed by atoms with E-state index in [1.807, 2.05) is 18.5 Å². The van der Waals surface area contributed by atoms with E-state index >= 15 is 0 Å². The number of amides is 1. The van der Waals surface area contributed by atoms with Gasteiger partial charge >= 0.3 is 0 Å².